The van der Waals surface area contributed by atoms with Crippen molar-refractivity contribution in [2.75, 3.05) is 18.0 Å². The van der Waals surface area contributed by atoms with Gasteiger partial charge < -0.3 is 10.6 Å². The Bertz CT molecular complexity index is 316. The molecule has 0 aliphatic rings. The fraction of sp³-hybridized carbons (Fsp3) is 0.600. The predicted octanol–water partition coefficient (Wildman–Crippen LogP) is 3.58. The van der Waals surface area contributed by atoms with Gasteiger partial charge in [0.05, 0.1) is 0 Å². The smallest absolute Gasteiger partial charge is 0.0366 e. The molecule has 1 unspecified atom stereocenters. The number of nitrogens with two attached hydrogens (primary N) is 1. The minimum absolute atomic E-state index is 0.119. The number of nitrogens with zero attached hydrogens (tertiary/aromatic N) is 1. The van der Waals surface area contributed by atoms with Crippen molar-refractivity contribution in [3.8, 4) is 0 Å². The molecule has 2 nitrogen and oxygen atoms in total. The number of rotatable bonds is 6. The van der Waals surface area contributed by atoms with Gasteiger partial charge in [-0.1, -0.05) is 32.4 Å². The Labute approximate surface area is 106 Å². The molecule has 0 aromatic heterocycles. The highest BCUT2D eigenvalue weighted by Crippen LogP contribution is 2.19. The summed E-state index contributed by atoms with van der Waals surface area (Å²) in [4.78, 5) is 2.43. The Morgan fingerprint density at radius 3 is 2.12 bits per heavy atom. The molecular formula is C15H26N2. The van der Waals surface area contributed by atoms with Gasteiger partial charge in [-0.05, 0) is 37.5 Å². The van der Waals surface area contributed by atoms with Gasteiger partial charge in [-0.15, -0.1) is 0 Å². The van der Waals surface area contributed by atoms with Crippen molar-refractivity contribution >= 4 is 5.69 Å². The molecule has 0 spiro atoms. The minimum Gasteiger partial charge on any atom is -0.372 e. The van der Waals surface area contributed by atoms with Crippen LogP contribution in [0.2, 0.25) is 0 Å². The highest BCUT2D eigenvalue weighted by atomic mass is 15.1. The van der Waals surface area contributed by atoms with Gasteiger partial charge in [-0.25, -0.2) is 0 Å². The van der Waals surface area contributed by atoms with E-state index >= 15 is 0 Å². The van der Waals surface area contributed by atoms with Crippen LogP contribution in [-0.2, 0) is 0 Å². The summed E-state index contributed by atoms with van der Waals surface area (Å²) in [6, 6.07) is 8.77. The Kier molecular flexibility index (Phi) is 5.49. The summed E-state index contributed by atoms with van der Waals surface area (Å²) >= 11 is 0. The Hall–Kier alpha value is -1.02. The zero-order chi connectivity index (χ0) is 12.8. The summed E-state index contributed by atoms with van der Waals surface area (Å²) in [6.45, 7) is 11.0. The van der Waals surface area contributed by atoms with Crippen LogP contribution in [-0.4, -0.2) is 13.1 Å². The summed E-state index contributed by atoms with van der Waals surface area (Å²) in [7, 11) is 0. The first-order chi connectivity index (χ1) is 8.08. The maximum Gasteiger partial charge on any atom is 0.0366 e. The molecule has 0 aliphatic carbocycles. The van der Waals surface area contributed by atoms with Crippen molar-refractivity contribution in [2.45, 2.75) is 40.2 Å². The van der Waals surface area contributed by atoms with E-state index in [1.165, 1.54) is 17.7 Å². The van der Waals surface area contributed by atoms with E-state index in [0.717, 1.165) is 19.0 Å². The van der Waals surface area contributed by atoms with E-state index in [1.807, 2.05) is 6.92 Å². The topological polar surface area (TPSA) is 29.3 Å². The Morgan fingerprint density at radius 2 is 1.71 bits per heavy atom. The molecule has 0 fully saturated rings. The number of benzene rings is 1. The van der Waals surface area contributed by atoms with Crippen molar-refractivity contribution in [3.63, 3.8) is 0 Å². The third-order valence-electron chi connectivity index (χ3n) is 3.39. The summed E-state index contributed by atoms with van der Waals surface area (Å²) in [6.07, 6.45) is 1.23. The maximum atomic E-state index is 5.86. The second-order valence-electron chi connectivity index (χ2n) is 4.93. The second kappa shape index (κ2) is 6.65. The normalized spacial score (nSPS) is 14.4. The average molecular weight is 234 g/mol. The Morgan fingerprint density at radius 1 is 1.12 bits per heavy atom. The van der Waals surface area contributed by atoms with Crippen LogP contribution >= 0.6 is 0 Å². The second-order valence-corrected chi connectivity index (χ2v) is 4.93. The highest BCUT2D eigenvalue weighted by Gasteiger charge is 2.08. The van der Waals surface area contributed by atoms with Crippen molar-refractivity contribution in [3.05, 3.63) is 29.8 Å². The molecule has 0 bridgehead atoms. The van der Waals surface area contributed by atoms with Gasteiger partial charge >= 0.3 is 0 Å². The summed E-state index contributed by atoms with van der Waals surface area (Å²) < 4.78 is 0. The lowest BCUT2D eigenvalue weighted by atomic mass is 10.1. The van der Waals surface area contributed by atoms with Crippen molar-refractivity contribution in [1.82, 2.24) is 0 Å². The van der Waals surface area contributed by atoms with Gasteiger partial charge in [0.15, 0.2) is 0 Å². The lowest BCUT2D eigenvalue weighted by Gasteiger charge is -2.26. The maximum absolute atomic E-state index is 5.86. The molecule has 0 saturated heterocycles. The molecule has 1 rings (SSSR count). The van der Waals surface area contributed by atoms with Crippen LogP contribution in [0.4, 0.5) is 5.69 Å². The first-order valence-electron chi connectivity index (χ1n) is 6.68. The highest BCUT2D eigenvalue weighted by molar-refractivity contribution is 5.47. The minimum atomic E-state index is 0.119. The summed E-state index contributed by atoms with van der Waals surface area (Å²) in [5, 5.41) is 0. The quantitative estimate of drug-likeness (QED) is 0.815. The van der Waals surface area contributed by atoms with Gasteiger partial charge in [0.1, 0.15) is 0 Å². The van der Waals surface area contributed by atoms with Gasteiger partial charge in [0, 0.05) is 24.8 Å². The van der Waals surface area contributed by atoms with Gasteiger partial charge in [0.2, 0.25) is 0 Å². The summed E-state index contributed by atoms with van der Waals surface area (Å²) in [5.74, 6) is 0.739. The molecule has 1 aromatic carbocycles. The number of hydrogen-bond acceptors (Lipinski definition) is 2. The SMILES string of the molecule is CCC(C)CN(CC)c1ccc([C@H](C)N)cc1. The van der Waals surface area contributed by atoms with Crippen LogP contribution in [0.5, 0.6) is 0 Å². The van der Waals surface area contributed by atoms with E-state index in [1.54, 1.807) is 0 Å². The molecule has 0 aliphatic heterocycles. The van der Waals surface area contributed by atoms with Crippen molar-refractivity contribution in [1.29, 1.82) is 0 Å². The largest absolute Gasteiger partial charge is 0.372 e. The van der Waals surface area contributed by atoms with Crippen molar-refractivity contribution < 1.29 is 0 Å². The molecule has 96 valence electrons. The lowest BCUT2D eigenvalue weighted by Crippen LogP contribution is -2.28. The molecule has 0 amide bonds. The fourth-order valence-electron chi connectivity index (χ4n) is 1.91. The third-order valence-corrected chi connectivity index (χ3v) is 3.39. The van der Waals surface area contributed by atoms with Gasteiger partial charge in [0.25, 0.3) is 0 Å². The van der Waals surface area contributed by atoms with Crippen LogP contribution < -0.4 is 10.6 Å². The molecule has 0 heterocycles. The lowest BCUT2D eigenvalue weighted by molar-refractivity contribution is 0.548. The molecular weight excluding hydrogens is 208 g/mol. The summed E-state index contributed by atoms with van der Waals surface area (Å²) in [5.41, 5.74) is 8.37. The standard InChI is InChI=1S/C15H26N2/c1-5-12(3)11-17(6-2)15-9-7-14(8-10-15)13(4)16/h7-10,12-13H,5-6,11,16H2,1-4H3/t12?,13-/m0/s1. The first-order valence-corrected chi connectivity index (χ1v) is 6.68. The predicted molar refractivity (Wildman–Crippen MR) is 76.4 cm³/mol. The van der Waals surface area contributed by atoms with E-state index in [0.29, 0.717) is 0 Å². The zero-order valence-corrected chi connectivity index (χ0v) is 11.6. The molecule has 1 aromatic rings. The van der Waals surface area contributed by atoms with E-state index in [9.17, 15) is 0 Å². The molecule has 17 heavy (non-hydrogen) atoms. The zero-order valence-electron chi connectivity index (χ0n) is 11.6. The van der Waals surface area contributed by atoms with E-state index in [4.69, 9.17) is 5.73 Å². The fourth-order valence-corrected chi connectivity index (χ4v) is 1.91. The molecule has 0 saturated carbocycles. The molecule has 2 atom stereocenters. The number of anilines is 1. The molecule has 2 N–H and O–H groups in total. The number of hydrogen-bond donors (Lipinski definition) is 1. The van der Waals surface area contributed by atoms with Crippen LogP contribution in [0.25, 0.3) is 0 Å². The van der Waals surface area contributed by atoms with Gasteiger partial charge in [-0.3, -0.25) is 0 Å². The molecule has 2 heteroatoms. The van der Waals surface area contributed by atoms with E-state index in [2.05, 4.69) is 49.9 Å². The van der Waals surface area contributed by atoms with Gasteiger partial charge in [-0.2, -0.15) is 0 Å². The van der Waals surface area contributed by atoms with Crippen LogP contribution in [0, 0.1) is 5.92 Å². The first kappa shape index (κ1) is 14.0. The average Bonchev–Trinajstić information content (AvgIpc) is 2.35. The monoisotopic (exact) mass is 234 g/mol. The van der Waals surface area contributed by atoms with Crippen LogP contribution in [0.3, 0.4) is 0 Å². The Balaban J connectivity index is 2.75. The van der Waals surface area contributed by atoms with E-state index < -0.39 is 0 Å². The van der Waals surface area contributed by atoms with Crippen molar-refractivity contribution in [2.24, 2.45) is 11.7 Å². The van der Waals surface area contributed by atoms with Crippen LogP contribution in [0.15, 0.2) is 24.3 Å². The third kappa shape index (κ3) is 4.04. The molecule has 0 radical (unpaired) electrons. The van der Waals surface area contributed by atoms with Crippen LogP contribution in [0.1, 0.15) is 45.7 Å². The van der Waals surface area contributed by atoms with E-state index in [-0.39, 0.29) is 6.04 Å².